The number of nitrogens with one attached hydrogen (secondary N) is 1. The normalized spacial score (nSPS) is 11.6. The first kappa shape index (κ1) is 17.1. The number of likely N-dealkylation sites (N-methyl/N-ethyl adjacent to an activating group) is 1. The molecule has 0 bridgehead atoms. The second-order valence-corrected chi connectivity index (χ2v) is 5.40. The summed E-state index contributed by atoms with van der Waals surface area (Å²) in [5, 5.41) is 3.30. The molecular formula is C14H29N3O. The van der Waals surface area contributed by atoms with Gasteiger partial charge < -0.3 is 10.1 Å². The van der Waals surface area contributed by atoms with Gasteiger partial charge in [0.15, 0.2) is 0 Å². The number of carbonyl (C=O) groups is 1. The van der Waals surface area contributed by atoms with Crippen molar-refractivity contribution in [2.75, 3.05) is 33.2 Å². The second kappa shape index (κ2) is 9.11. The van der Waals surface area contributed by atoms with Gasteiger partial charge in [-0.05, 0) is 34.7 Å². The lowest BCUT2D eigenvalue weighted by molar-refractivity contribution is -0.109. The number of aldehydes is 1. The summed E-state index contributed by atoms with van der Waals surface area (Å²) in [6.07, 6.45) is 0.971. The average molecular weight is 255 g/mol. The van der Waals surface area contributed by atoms with E-state index in [0.29, 0.717) is 18.6 Å². The number of hydrogen-bond donors (Lipinski definition) is 1. The van der Waals surface area contributed by atoms with Gasteiger partial charge in [-0.15, -0.1) is 0 Å². The van der Waals surface area contributed by atoms with E-state index in [9.17, 15) is 4.79 Å². The Hall–Kier alpha value is -0.870. The van der Waals surface area contributed by atoms with Crippen LogP contribution in [0.1, 0.15) is 27.7 Å². The van der Waals surface area contributed by atoms with Crippen LogP contribution in [0.25, 0.3) is 0 Å². The SMILES string of the molecule is C=C(CN(C)CCN(CC=O)C(C)C)NC(C)C. The highest BCUT2D eigenvalue weighted by atomic mass is 16.1. The Labute approximate surface area is 112 Å². The summed E-state index contributed by atoms with van der Waals surface area (Å²) >= 11 is 0. The van der Waals surface area contributed by atoms with Crippen molar-refractivity contribution < 1.29 is 4.79 Å². The Kier molecular flexibility index (Phi) is 8.67. The van der Waals surface area contributed by atoms with Crippen LogP contribution in [0.2, 0.25) is 0 Å². The molecule has 1 N–H and O–H groups in total. The van der Waals surface area contributed by atoms with E-state index in [4.69, 9.17) is 0 Å². The number of hydrogen-bond acceptors (Lipinski definition) is 4. The smallest absolute Gasteiger partial charge is 0.133 e. The summed E-state index contributed by atoms with van der Waals surface area (Å²) < 4.78 is 0. The standard InChI is InChI=1S/C14H29N3O/c1-12(2)15-14(5)11-16(6)7-8-17(9-10-18)13(3)4/h10,12-13,15H,5,7-9,11H2,1-4,6H3. The summed E-state index contributed by atoms with van der Waals surface area (Å²) in [7, 11) is 2.08. The van der Waals surface area contributed by atoms with Crippen molar-refractivity contribution >= 4 is 6.29 Å². The van der Waals surface area contributed by atoms with E-state index < -0.39 is 0 Å². The van der Waals surface area contributed by atoms with Crippen LogP contribution in [0.4, 0.5) is 0 Å². The third-order valence-corrected chi connectivity index (χ3v) is 2.76. The molecule has 0 aliphatic carbocycles. The first-order valence-corrected chi connectivity index (χ1v) is 6.67. The van der Waals surface area contributed by atoms with Crippen LogP contribution >= 0.6 is 0 Å². The molecule has 4 heteroatoms. The van der Waals surface area contributed by atoms with Gasteiger partial charge in [-0.3, -0.25) is 9.80 Å². The Balaban J connectivity index is 3.96. The van der Waals surface area contributed by atoms with E-state index in [1.807, 2.05) is 0 Å². The largest absolute Gasteiger partial charge is 0.386 e. The summed E-state index contributed by atoms with van der Waals surface area (Å²) in [6.45, 7) is 15.6. The van der Waals surface area contributed by atoms with Crippen molar-refractivity contribution in [2.45, 2.75) is 39.8 Å². The molecule has 0 fully saturated rings. The van der Waals surface area contributed by atoms with Gasteiger partial charge in [0.1, 0.15) is 6.29 Å². The summed E-state index contributed by atoms with van der Waals surface area (Å²) in [5.41, 5.74) is 1.04. The maximum Gasteiger partial charge on any atom is 0.133 e. The molecule has 0 saturated heterocycles. The van der Waals surface area contributed by atoms with Crippen LogP contribution in [0.15, 0.2) is 12.3 Å². The average Bonchev–Trinajstić information content (AvgIpc) is 2.22. The molecule has 0 aromatic carbocycles. The van der Waals surface area contributed by atoms with E-state index in [0.717, 1.165) is 31.6 Å². The fraction of sp³-hybridized carbons (Fsp3) is 0.786. The zero-order valence-corrected chi connectivity index (χ0v) is 12.6. The molecule has 0 aliphatic rings. The van der Waals surface area contributed by atoms with Crippen molar-refractivity contribution in [3.8, 4) is 0 Å². The van der Waals surface area contributed by atoms with E-state index in [2.05, 4.69) is 56.4 Å². The van der Waals surface area contributed by atoms with Crippen molar-refractivity contribution in [2.24, 2.45) is 0 Å². The maximum absolute atomic E-state index is 10.6. The van der Waals surface area contributed by atoms with Crippen LogP contribution in [0.5, 0.6) is 0 Å². The van der Waals surface area contributed by atoms with Gasteiger partial charge >= 0.3 is 0 Å². The molecule has 0 heterocycles. The molecule has 106 valence electrons. The fourth-order valence-corrected chi connectivity index (χ4v) is 1.81. The number of carbonyl (C=O) groups excluding carboxylic acids is 1. The molecule has 0 aliphatic heterocycles. The van der Waals surface area contributed by atoms with Crippen LogP contribution in [0, 0.1) is 0 Å². The molecule has 0 amide bonds. The third kappa shape index (κ3) is 8.25. The Bertz CT molecular complexity index is 251. The monoisotopic (exact) mass is 255 g/mol. The van der Waals surface area contributed by atoms with Crippen LogP contribution in [-0.2, 0) is 4.79 Å². The van der Waals surface area contributed by atoms with E-state index in [1.165, 1.54) is 0 Å². The topological polar surface area (TPSA) is 35.6 Å². The van der Waals surface area contributed by atoms with E-state index in [-0.39, 0.29) is 0 Å². The van der Waals surface area contributed by atoms with Crippen LogP contribution < -0.4 is 5.32 Å². The summed E-state index contributed by atoms with van der Waals surface area (Å²) in [4.78, 5) is 15.0. The summed E-state index contributed by atoms with van der Waals surface area (Å²) in [5.74, 6) is 0. The summed E-state index contributed by atoms with van der Waals surface area (Å²) in [6, 6.07) is 0.828. The molecule has 0 aromatic rings. The molecule has 0 aromatic heterocycles. The molecule has 0 saturated carbocycles. The van der Waals surface area contributed by atoms with Gasteiger partial charge in [-0.25, -0.2) is 0 Å². The van der Waals surface area contributed by atoms with Crippen molar-refractivity contribution in [1.82, 2.24) is 15.1 Å². The van der Waals surface area contributed by atoms with Crippen LogP contribution in [0.3, 0.4) is 0 Å². The molecule has 0 radical (unpaired) electrons. The minimum atomic E-state index is 0.403. The van der Waals surface area contributed by atoms with Gasteiger partial charge in [-0.2, -0.15) is 0 Å². The zero-order valence-electron chi connectivity index (χ0n) is 12.6. The van der Waals surface area contributed by atoms with Gasteiger partial charge in [0.25, 0.3) is 0 Å². The highest BCUT2D eigenvalue weighted by Crippen LogP contribution is 1.98. The molecule has 18 heavy (non-hydrogen) atoms. The maximum atomic E-state index is 10.6. The molecule has 0 atom stereocenters. The van der Waals surface area contributed by atoms with Crippen LogP contribution in [-0.4, -0.2) is 61.4 Å². The fourth-order valence-electron chi connectivity index (χ4n) is 1.81. The third-order valence-electron chi connectivity index (χ3n) is 2.76. The highest BCUT2D eigenvalue weighted by Gasteiger charge is 2.10. The van der Waals surface area contributed by atoms with Crippen molar-refractivity contribution in [3.63, 3.8) is 0 Å². The predicted molar refractivity (Wildman–Crippen MR) is 77.7 cm³/mol. The minimum Gasteiger partial charge on any atom is -0.386 e. The highest BCUT2D eigenvalue weighted by molar-refractivity contribution is 5.52. The van der Waals surface area contributed by atoms with Gasteiger partial charge in [0, 0.05) is 37.4 Å². The molecule has 4 nitrogen and oxygen atoms in total. The predicted octanol–water partition coefficient (Wildman–Crippen LogP) is 1.34. The number of nitrogens with zero attached hydrogens (tertiary/aromatic N) is 2. The molecule has 0 spiro atoms. The first-order chi connectivity index (χ1) is 8.36. The van der Waals surface area contributed by atoms with E-state index in [1.54, 1.807) is 0 Å². The second-order valence-electron chi connectivity index (χ2n) is 5.40. The molecule has 0 unspecified atom stereocenters. The zero-order chi connectivity index (χ0) is 14.1. The van der Waals surface area contributed by atoms with Gasteiger partial charge in [-0.1, -0.05) is 6.58 Å². The Morgan fingerprint density at radius 2 is 1.89 bits per heavy atom. The van der Waals surface area contributed by atoms with Gasteiger partial charge in [0.2, 0.25) is 0 Å². The number of rotatable bonds is 10. The lowest BCUT2D eigenvalue weighted by atomic mass is 10.3. The molecular weight excluding hydrogens is 226 g/mol. The lowest BCUT2D eigenvalue weighted by Crippen LogP contribution is -2.40. The Morgan fingerprint density at radius 3 is 2.33 bits per heavy atom. The molecule has 0 rings (SSSR count). The van der Waals surface area contributed by atoms with Crippen molar-refractivity contribution in [1.29, 1.82) is 0 Å². The Morgan fingerprint density at radius 1 is 1.28 bits per heavy atom. The van der Waals surface area contributed by atoms with E-state index >= 15 is 0 Å². The van der Waals surface area contributed by atoms with Crippen molar-refractivity contribution in [3.05, 3.63) is 12.3 Å². The van der Waals surface area contributed by atoms with Gasteiger partial charge in [0.05, 0.1) is 6.54 Å². The minimum absolute atomic E-state index is 0.403. The quantitative estimate of drug-likeness (QED) is 0.598. The lowest BCUT2D eigenvalue weighted by Gasteiger charge is -2.27. The first-order valence-electron chi connectivity index (χ1n) is 6.67.